The van der Waals surface area contributed by atoms with E-state index in [1.54, 1.807) is 0 Å². The molecule has 0 heteroatoms. The lowest BCUT2D eigenvalue weighted by Gasteiger charge is -2.11. The van der Waals surface area contributed by atoms with E-state index < -0.39 is 0 Å². The van der Waals surface area contributed by atoms with E-state index in [4.69, 9.17) is 0 Å². The number of rotatable bonds is 2. The Bertz CT molecular complexity index is 158. The molecular weight excluding hydrogens is 132 g/mol. The van der Waals surface area contributed by atoms with Crippen LogP contribution in [0.5, 0.6) is 0 Å². The quantitative estimate of drug-likeness (QED) is 0.563. The van der Waals surface area contributed by atoms with Gasteiger partial charge in [0.1, 0.15) is 0 Å². The highest BCUT2D eigenvalue weighted by Gasteiger charge is 2.17. The SMILES string of the molecule is C1=CC(CC2CCCC2)C=C1. The molecule has 0 aromatic carbocycles. The maximum Gasteiger partial charge on any atom is -0.00446 e. The fourth-order valence-electron chi connectivity index (χ4n) is 2.27. The largest absolute Gasteiger partial charge is 0.0776 e. The van der Waals surface area contributed by atoms with Crippen LogP contribution < -0.4 is 0 Å². The number of allylic oxidation sites excluding steroid dienone is 4. The second-order valence-electron chi connectivity index (χ2n) is 3.82. The molecule has 0 saturated heterocycles. The summed E-state index contributed by atoms with van der Waals surface area (Å²) in [5.74, 6) is 1.81. The standard InChI is InChI=1S/C11H16/c1-2-6-10(5-1)9-11-7-3-4-8-11/h1-2,5-6,10-11H,3-4,7-9H2. The van der Waals surface area contributed by atoms with Gasteiger partial charge in [-0.2, -0.15) is 0 Å². The van der Waals surface area contributed by atoms with Gasteiger partial charge in [-0.15, -0.1) is 0 Å². The molecule has 0 atom stereocenters. The molecule has 0 aliphatic heterocycles. The fraction of sp³-hybridized carbons (Fsp3) is 0.636. The molecule has 0 bridgehead atoms. The van der Waals surface area contributed by atoms with Crippen molar-refractivity contribution in [2.24, 2.45) is 11.8 Å². The molecule has 0 nitrogen and oxygen atoms in total. The summed E-state index contributed by atoms with van der Waals surface area (Å²) in [4.78, 5) is 0. The van der Waals surface area contributed by atoms with Crippen LogP contribution in [0.4, 0.5) is 0 Å². The van der Waals surface area contributed by atoms with Gasteiger partial charge < -0.3 is 0 Å². The molecule has 1 fully saturated rings. The Kier molecular flexibility index (Phi) is 2.11. The predicted molar refractivity (Wildman–Crippen MR) is 48.3 cm³/mol. The van der Waals surface area contributed by atoms with Gasteiger partial charge >= 0.3 is 0 Å². The van der Waals surface area contributed by atoms with Crippen LogP contribution in [0.15, 0.2) is 24.3 Å². The Balaban J connectivity index is 1.80. The first-order valence-electron chi connectivity index (χ1n) is 4.80. The molecule has 2 aliphatic rings. The van der Waals surface area contributed by atoms with Crippen LogP contribution in [-0.4, -0.2) is 0 Å². The normalized spacial score (nSPS) is 25.5. The molecule has 0 spiro atoms. The van der Waals surface area contributed by atoms with Crippen molar-refractivity contribution >= 4 is 0 Å². The average molecular weight is 148 g/mol. The van der Waals surface area contributed by atoms with Crippen LogP contribution in [0.25, 0.3) is 0 Å². The van der Waals surface area contributed by atoms with E-state index in [0.717, 1.165) is 11.8 Å². The van der Waals surface area contributed by atoms with E-state index in [-0.39, 0.29) is 0 Å². The van der Waals surface area contributed by atoms with Crippen LogP contribution in [0.2, 0.25) is 0 Å². The second-order valence-corrected chi connectivity index (χ2v) is 3.82. The van der Waals surface area contributed by atoms with Crippen LogP contribution in [-0.2, 0) is 0 Å². The topological polar surface area (TPSA) is 0 Å². The van der Waals surface area contributed by atoms with E-state index in [0.29, 0.717) is 0 Å². The van der Waals surface area contributed by atoms with E-state index in [9.17, 15) is 0 Å². The van der Waals surface area contributed by atoms with E-state index in [1.165, 1.54) is 32.1 Å². The van der Waals surface area contributed by atoms with Gasteiger partial charge in [-0.25, -0.2) is 0 Å². The van der Waals surface area contributed by atoms with Crippen LogP contribution >= 0.6 is 0 Å². The van der Waals surface area contributed by atoms with Crippen LogP contribution in [0, 0.1) is 11.8 Å². The van der Waals surface area contributed by atoms with Gasteiger partial charge in [0.25, 0.3) is 0 Å². The van der Waals surface area contributed by atoms with Crippen molar-refractivity contribution in [3.8, 4) is 0 Å². The predicted octanol–water partition coefficient (Wildman–Crippen LogP) is 3.31. The molecule has 0 unspecified atom stereocenters. The summed E-state index contributed by atoms with van der Waals surface area (Å²) in [6, 6.07) is 0. The molecule has 2 aliphatic carbocycles. The third-order valence-electron chi connectivity index (χ3n) is 2.91. The molecule has 2 rings (SSSR count). The highest BCUT2D eigenvalue weighted by Crippen LogP contribution is 2.31. The first-order valence-corrected chi connectivity index (χ1v) is 4.80. The third-order valence-corrected chi connectivity index (χ3v) is 2.91. The minimum atomic E-state index is 0.776. The monoisotopic (exact) mass is 148 g/mol. The molecule has 0 amide bonds. The van der Waals surface area contributed by atoms with Crippen molar-refractivity contribution in [3.63, 3.8) is 0 Å². The van der Waals surface area contributed by atoms with Crippen molar-refractivity contribution < 1.29 is 0 Å². The van der Waals surface area contributed by atoms with Gasteiger partial charge in [-0.1, -0.05) is 50.0 Å². The van der Waals surface area contributed by atoms with Crippen LogP contribution in [0.3, 0.4) is 0 Å². The minimum absolute atomic E-state index is 0.776. The third kappa shape index (κ3) is 1.74. The average Bonchev–Trinajstić information content (AvgIpc) is 2.60. The van der Waals surface area contributed by atoms with E-state index >= 15 is 0 Å². The Morgan fingerprint density at radius 1 is 1.00 bits per heavy atom. The van der Waals surface area contributed by atoms with E-state index in [1.807, 2.05) is 0 Å². The molecule has 1 saturated carbocycles. The van der Waals surface area contributed by atoms with Crippen molar-refractivity contribution in [1.82, 2.24) is 0 Å². The summed E-state index contributed by atoms with van der Waals surface area (Å²) in [6.45, 7) is 0. The molecule has 0 aromatic rings. The number of hydrogen-bond donors (Lipinski definition) is 0. The zero-order valence-electron chi connectivity index (χ0n) is 7.00. The highest BCUT2D eigenvalue weighted by atomic mass is 14.2. The van der Waals surface area contributed by atoms with Crippen molar-refractivity contribution in [1.29, 1.82) is 0 Å². The molecule has 60 valence electrons. The van der Waals surface area contributed by atoms with Gasteiger partial charge in [0, 0.05) is 0 Å². The molecule has 0 heterocycles. The lowest BCUT2D eigenvalue weighted by Crippen LogP contribution is -1.99. The molecular formula is C11H16. The lowest BCUT2D eigenvalue weighted by molar-refractivity contribution is 0.467. The maximum absolute atomic E-state index is 2.33. The van der Waals surface area contributed by atoms with Gasteiger partial charge in [-0.05, 0) is 18.3 Å². The van der Waals surface area contributed by atoms with Gasteiger partial charge in [-0.3, -0.25) is 0 Å². The van der Waals surface area contributed by atoms with Crippen molar-refractivity contribution in [3.05, 3.63) is 24.3 Å². The van der Waals surface area contributed by atoms with Gasteiger partial charge in [0.05, 0.1) is 0 Å². The Morgan fingerprint density at radius 2 is 1.64 bits per heavy atom. The molecule has 0 aromatic heterocycles. The Morgan fingerprint density at radius 3 is 2.27 bits per heavy atom. The summed E-state index contributed by atoms with van der Waals surface area (Å²) in [7, 11) is 0. The Hall–Kier alpha value is -0.520. The molecule has 11 heavy (non-hydrogen) atoms. The second kappa shape index (κ2) is 3.25. The summed E-state index contributed by atoms with van der Waals surface area (Å²) in [5.41, 5.74) is 0. The minimum Gasteiger partial charge on any atom is -0.0776 e. The summed E-state index contributed by atoms with van der Waals surface area (Å²) >= 11 is 0. The zero-order valence-corrected chi connectivity index (χ0v) is 7.00. The summed E-state index contributed by atoms with van der Waals surface area (Å²) < 4.78 is 0. The van der Waals surface area contributed by atoms with Crippen LogP contribution in [0.1, 0.15) is 32.1 Å². The van der Waals surface area contributed by atoms with Crippen molar-refractivity contribution in [2.75, 3.05) is 0 Å². The number of hydrogen-bond acceptors (Lipinski definition) is 0. The highest BCUT2D eigenvalue weighted by molar-refractivity contribution is 5.17. The van der Waals surface area contributed by atoms with Gasteiger partial charge in [0.15, 0.2) is 0 Å². The molecule has 0 N–H and O–H groups in total. The Labute approximate surface area is 69.0 Å². The lowest BCUT2D eigenvalue weighted by atomic mass is 9.94. The van der Waals surface area contributed by atoms with E-state index in [2.05, 4.69) is 24.3 Å². The maximum atomic E-state index is 2.33. The van der Waals surface area contributed by atoms with Gasteiger partial charge in [0.2, 0.25) is 0 Å². The first kappa shape index (κ1) is 7.15. The first-order chi connectivity index (χ1) is 5.45. The fourth-order valence-corrected chi connectivity index (χ4v) is 2.27. The smallest absolute Gasteiger partial charge is 0.00446 e. The summed E-state index contributed by atoms with van der Waals surface area (Å²) in [6.07, 6.45) is 16.4. The molecule has 0 radical (unpaired) electrons. The zero-order chi connectivity index (χ0) is 7.52. The summed E-state index contributed by atoms with van der Waals surface area (Å²) in [5, 5.41) is 0. The van der Waals surface area contributed by atoms with Crippen molar-refractivity contribution in [2.45, 2.75) is 32.1 Å².